The van der Waals surface area contributed by atoms with Gasteiger partial charge in [-0.1, -0.05) is 31.2 Å². The zero-order valence-electron chi connectivity index (χ0n) is 9.24. The van der Waals surface area contributed by atoms with Gasteiger partial charge in [-0.3, -0.25) is 0 Å². The molecule has 0 saturated carbocycles. The standard InChI is InChI=1S/C13H19NO/c1-3-5-9-12(14)11-8-6-7-10(4-2)13(11)15/h3,6-8,12,15H,1,4-5,9,14H2,2H3/t12-/m1/s1. The van der Waals surface area contributed by atoms with E-state index in [9.17, 15) is 5.11 Å². The lowest BCUT2D eigenvalue weighted by molar-refractivity contribution is 0.452. The minimum Gasteiger partial charge on any atom is -0.507 e. The van der Waals surface area contributed by atoms with E-state index in [1.54, 1.807) is 0 Å². The molecule has 0 heterocycles. The summed E-state index contributed by atoms with van der Waals surface area (Å²) in [5.74, 6) is 0.358. The summed E-state index contributed by atoms with van der Waals surface area (Å²) in [5, 5.41) is 9.95. The molecular formula is C13H19NO. The molecule has 2 nitrogen and oxygen atoms in total. The summed E-state index contributed by atoms with van der Waals surface area (Å²) in [6.07, 6.45) is 4.37. The van der Waals surface area contributed by atoms with Crippen LogP contribution in [-0.4, -0.2) is 5.11 Å². The maximum Gasteiger partial charge on any atom is 0.123 e. The van der Waals surface area contributed by atoms with Gasteiger partial charge in [0.05, 0.1) is 0 Å². The first-order valence-corrected chi connectivity index (χ1v) is 5.38. The number of phenolic OH excluding ortho intramolecular Hbond substituents is 1. The molecule has 0 saturated heterocycles. The van der Waals surface area contributed by atoms with Crippen molar-refractivity contribution in [3.05, 3.63) is 42.0 Å². The molecule has 1 atom stereocenters. The van der Waals surface area contributed by atoms with Crippen LogP contribution in [0.5, 0.6) is 5.75 Å². The molecule has 0 aromatic heterocycles. The van der Waals surface area contributed by atoms with Crippen LogP contribution in [0.2, 0.25) is 0 Å². The van der Waals surface area contributed by atoms with Gasteiger partial charge in [0.25, 0.3) is 0 Å². The second-order valence-corrected chi connectivity index (χ2v) is 3.68. The molecule has 1 rings (SSSR count). The Kier molecular flexibility index (Phi) is 4.37. The first-order valence-electron chi connectivity index (χ1n) is 5.38. The molecule has 82 valence electrons. The van der Waals surface area contributed by atoms with Crippen molar-refractivity contribution in [1.82, 2.24) is 0 Å². The minimum atomic E-state index is -0.102. The Morgan fingerprint density at radius 2 is 2.27 bits per heavy atom. The maximum absolute atomic E-state index is 9.95. The Bertz CT molecular complexity index is 333. The number of phenols is 1. The fourth-order valence-corrected chi connectivity index (χ4v) is 1.65. The van der Waals surface area contributed by atoms with Gasteiger partial charge in [-0.05, 0) is 24.8 Å². The van der Waals surface area contributed by atoms with Crippen molar-refractivity contribution in [2.45, 2.75) is 32.2 Å². The molecule has 0 aliphatic rings. The van der Waals surface area contributed by atoms with E-state index in [1.807, 2.05) is 31.2 Å². The number of para-hydroxylation sites is 1. The van der Waals surface area contributed by atoms with Crippen molar-refractivity contribution >= 4 is 0 Å². The smallest absolute Gasteiger partial charge is 0.123 e. The number of hydrogen-bond donors (Lipinski definition) is 2. The molecule has 0 bridgehead atoms. The van der Waals surface area contributed by atoms with Gasteiger partial charge in [0.2, 0.25) is 0 Å². The molecular weight excluding hydrogens is 186 g/mol. The molecule has 1 aromatic carbocycles. The SMILES string of the molecule is C=CCC[C@@H](N)c1cccc(CC)c1O. The Morgan fingerprint density at radius 3 is 2.87 bits per heavy atom. The van der Waals surface area contributed by atoms with Crippen molar-refractivity contribution < 1.29 is 5.11 Å². The number of benzene rings is 1. The van der Waals surface area contributed by atoms with Crippen LogP contribution in [0.25, 0.3) is 0 Å². The molecule has 0 aliphatic carbocycles. The van der Waals surface area contributed by atoms with E-state index in [0.29, 0.717) is 5.75 Å². The van der Waals surface area contributed by atoms with E-state index in [4.69, 9.17) is 5.73 Å². The number of aromatic hydroxyl groups is 1. The Morgan fingerprint density at radius 1 is 1.53 bits per heavy atom. The predicted octanol–water partition coefficient (Wildman–Crippen LogP) is 2.92. The molecule has 3 N–H and O–H groups in total. The first kappa shape index (κ1) is 11.8. The molecule has 15 heavy (non-hydrogen) atoms. The largest absolute Gasteiger partial charge is 0.507 e. The van der Waals surface area contributed by atoms with Crippen LogP contribution in [0.3, 0.4) is 0 Å². The van der Waals surface area contributed by atoms with Crippen LogP contribution in [0.1, 0.15) is 36.9 Å². The van der Waals surface area contributed by atoms with E-state index in [0.717, 1.165) is 30.4 Å². The van der Waals surface area contributed by atoms with Crippen LogP contribution in [0.15, 0.2) is 30.9 Å². The fraction of sp³-hybridized carbons (Fsp3) is 0.385. The van der Waals surface area contributed by atoms with Crippen LogP contribution in [0, 0.1) is 0 Å². The summed E-state index contributed by atoms with van der Waals surface area (Å²) < 4.78 is 0. The molecule has 0 aliphatic heterocycles. The molecule has 0 fully saturated rings. The van der Waals surface area contributed by atoms with Gasteiger partial charge in [-0.15, -0.1) is 6.58 Å². The van der Waals surface area contributed by atoms with Crippen molar-refractivity contribution in [2.24, 2.45) is 5.73 Å². The van der Waals surface area contributed by atoms with Gasteiger partial charge in [-0.25, -0.2) is 0 Å². The van der Waals surface area contributed by atoms with E-state index in [-0.39, 0.29) is 6.04 Å². The second-order valence-electron chi connectivity index (χ2n) is 3.68. The lowest BCUT2D eigenvalue weighted by Gasteiger charge is -2.14. The summed E-state index contributed by atoms with van der Waals surface area (Å²) in [5.41, 5.74) is 7.80. The predicted molar refractivity (Wildman–Crippen MR) is 63.8 cm³/mol. The average molecular weight is 205 g/mol. The van der Waals surface area contributed by atoms with Crippen molar-refractivity contribution in [2.75, 3.05) is 0 Å². The van der Waals surface area contributed by atoms with Crippen LogP contribution < -0.4 is 5.73 Å². The normalized spacial score (nSPS) is 12.4. The highest BCUT2D eigenvalue weighted by Crippen LogP contribution is 2.29. The number of allylic oxidation sites excluding steroid dienone is 1. The first-order chi connectivity index (χ1) is 7.20. The van der Waals surface area contributed by atoms with E-state index in [1.165, 1.54) is 0 Å². The number of hydrogen-bond acceptors (Lipinski definition) is 2. The summed E-state index contributed by atoms with van der Waals surface area (Å²) >= 11 is 0. The number of nitrogens with two attached hydrogens (primary N) is 1. The monoisotopic (exact) mass is 205 g/mol. The summed E-state index contributed by atoms with van der Waals surface area (Å²) in [7, 11) is 0. The summed E-state index contributed by atoms with van der Waals surface area (Å²) in [6, 6.07) is 5.66. The molecule has 1 aromatic rings. The van der Waals surface area contributed by atoms with Crippen LogP contribution in [-0.2, 0) is 6.42 Å². The topological polar surface area (TPSA) is 46.2 Å². The van der Waals surface area contributed by atoms with Gasteiger partial charge < -0.3 is 10.8 Å². The zero-order valence-corrected chi connectivity index (χ0v) is 9.24. The van der Waals surface area contributed by atoms with Gasteiger partial charge >= 0.3 is 0 Å². The highest BCUT2D eigenvalue weighted by atomic mass is 16.3. The second kappa shape index (κ2) is 5.56. The lowest BCUT2D eigenvalue weighted by Crippen LogP contribution is -2.10. The molecule has 2 heteroatoms. The molecule has 0 amide bonds. The molecule has 0 unspecified atom stereocenters. The fourth-order valence-electron chi connectivity index (χ4n) is 1.65. The number of aryl methyl sites for hydroxylation is 1. The Balaban J connectivity index is 2.88. The van der Waals surface area contributed by atoms with Crippen LogP contribution in [0.4, 0.5) is 0 Å². The third-order valence-corrected chi connectivity index (χ3v) is 2.61. The van der Waals surface area contributed by atoms with Gasteiger partial charge in [0.1, 0.15) is 5.75 Å². The van der Waals surface area contributed by atoms with Crippen molar-refractivity contribution in [3.63, 3.8) is 0 Å². The average Bonchev–Trinajstić information content (AvgIpc) is 2.26. The van der Waals surface area contributed by atoms with Crippen molar-refractivity contribution in [1.29, 1.82) is 0 Å². The third kappa shape index (κ3) is 2.83. The minimum absolute atomic E-state index is 0.102. The molecule has 0 spiro atoms. The Hall–Kier alpha value is -1.28. The maximum atomic E-state index is 9.95. The quantitative estimate of drug-likeness (QED) is 0.726. The van der Waals surface area contributed by atoms with Gasteiger partial charge in [0, 0.05) is 11.6 Å². The van der Waals surface area contributed by atoms with E-state index < -0.39 is 0 Å². The van der Waals surface area contributed by atoms with E-state index in [2.05, 4.69) is 6.58 Å². The Labute approximate surface area is 91.4 Å². The summed E-state index contributed by atoms with van der Waals surface area (Å²) in [4.78, 5) is 0. The van der Waals surface area contributed by atoms with E-state index >= 15 is 0 Å². The van der Waals surface area contributed by atoms with Gasteiger partial charge in [0.15, 0.2) is 0 Å². The van der Waals surface area contributed by atoms with Crippen LogP contribution >= 0.6 is 0 Å². The van der Waals surface area contributed by atoms with Crippen molar-refractivity contribution in [3.8, 4) is 5.75 Å². The van der Waals surface area contributed by atoms with Gasteiger partial charge in [-0.2, -0.15) is 0 Å². The highest BCUT2D eigenvalue weighted by molar-refractivity contribution is 5.42. The zero-order chi connectivity index (χ0) is 11.3. The highest BCUT2D eigenvalue weighted by Gasteiger charge is 2.11. The summed E-state index contributed by atoms with van der Waals surface area (Å²) in [6.45, 7) is 5.69. The lowest BCUT2D eigenvalue weighted by atomic mass is 9.98. The third-order valence-electron chi connectivity index (χ3n) is 2.61. The molecule has 0 radical (unpaired) electrons. The number of rotatable bonds is 5.